The van der Waals surface area contributed by atoms with Crippen LogP contribution in [-0.4, -0.2) is 37.2 Å². The largest absolute Gasteiger partial charge is 0.379 e. The quantitative estimate of drug-likeness (QED) is 0.785. The van der Waals surface area contributed by atoms with Crippen LogP contribution in [0.1, 0.15) is 9.67 Å². The fourth-order valence-electron chi connectivity index (χ4n) is 1.28. The van der Waals surface area contributed by atoms with E-state index in [1.807, 2.05) is 22.5 Å². The lowest BCUT2D eigenvalue weighted by atomic mass is 10.4. The number of ether oxygens (including phenoxy) is 1. The van der Waals surface area contributed by atoms with Crippen LogP contribution in [0.25, 0.3) is 0 Å². The van der Waals surface area contributed by atoms with Crippen molar-refractivity contribution in [2.45, 2.75) is 0 Å². The second-order valence-electron chi connectivity index (χ2n) is 3.02. The molecule has 0 saturated carbocycles. The van der Waals surface area contributed by atoms with Crippen LogP contribution in [0.2, 0.25) is 0 Å². The summed E-state index contributed by atoms with van der Waals surface area (Å²) in [6.45, 7) is 2.89. The summed E-state index contributed by atoms with van der Waals surface area (Å²) in [6.07, 6.45) is 0. The maximum absolute atomic E-state index is 11.6. The number of hydrogen-bond donors (Lipinski definition) is 1. The van der Waals surface area contributed by atoms with E-state index in [9.17, 15) is 4.79 Å². The average Bonchev–Trinajstić information content (AvgIpc) is 2.72. The Labute approximate surface area is 86.4 Å². The zero-order chi connectivity index (χ0) is 9.80. The third-order valence-electron chi connectivity index (χ3n) is 2.02. The van der Waals surface area contributed by atoms with Gasteiger partial charge in [-0.1, -0.05) is 6.07 Å². The highest BCUT2D eigenvalue weighted by Gasteiger charge is 2.14. The second-order valence-corrected chi connectivity index (χ2v) is 3.97. The van der Waals surface area contributed by atoms with Crippen molar-refractivity contribution in [3.8, 4) is 0 Å². The average molecular weight is 212 g/mol. The monoisotopic (exact) mass is 212 g/mol. The molecule has 1 aromatic rings. The summed E-state index contributed by atoms with van der Waals surface area (Å²) in [5, 5.41) is 3.79. The lowest BCUT2D eigenvalue weighted by Gasteiger charge is -2.26. The van der Waals surface area contributed by atoms with Crippen LogP contribution in [0.3, 0.4) is 0 Å². The second kappa shape index (κ2) is 4.54. The topological polar surface area (TPSA) is 41.6 Å². The normalized spacial score (nSPS) is 18.0. The maximum Gasteiger partial charge on any atom is 0.275 e. The van der Waals surface area contributed by atoms with E-state index in [1.165, 1.54) is 11.3 Å². The van der Waals surface area contributed by atoms with Gasteiger partial charge in [-0.3, -0.25) is 10.2 Å². The molecular weight excluding hydrogens is 200 g/mol. The van der Waals surface area contributed by atoms with Crippen molar-refractivity contribution in [3.63, 3.8) is 0 Å². The van der Waals surface area contributed by atoms with E-state index < -0.39 is 0 Å². The van der Waals surface area contributed by atoms with Crippen LogP contribution in [0.5, 0.6) is 0 Å². The summed E-state index contributed by atoms with van der Waals surface area (Å²) in [7, 11) is 0. The molecule has 0 atom stereocenters. The van der Waals surface area contributed by atoms with Gasteiger partial charge < -0.3 is 4.74 Å². The van der Waals surface area contributed by atoms with Crippen LogP contribution < -0.4 is 5.43 Å². The Morgan fingerprint density at radius 2 is 2.29 bits per heavy atom. The van der Waals surface area contributed by atoms with Crippen molar-refractivity contribution in [3.05, 3.63) is 22.4 Å². The van der Waals surface area contributed by atoms with Gasteiger partial charge in [-0.15, -0.1) is 11.3 Å². The molecule has 1 amide bonds. The van der Waals surface area contributed by atoms with Crippen LogP contribution in [0, 0.1) is 0 Å². The lowest BCUT2D eigenvalue weighted by molar-refractivity contribution is 0.0127. The third kappa shape index (κ3) is 2.31. The van der Waals surface area contributed by atoms with Crippen LogP contribution in [-0.2, 0) is 4.74 Å². The van der Waals surface area contributed by atoms with Gasteiger partial charge in [0.25, 0.3) is 5.91 Å². The highest BCUT2D eigenvalue weighted by molar-refractivity contribution is 7.12. The molecule has 4 nitrogen and oxygen atoms in total. The standard InChI is InChI=1S/C9H12N2O2S/c12-9(8-2-1-7-14-8)10-11-3-5-13-6-4-11/h1-2,7H,3-6H2,(H,10,12). The smallest absolute Gasteiger partial charge is 0.275 e. The first-order valence-electron chi connectivity index (χ1n) is 4.53. The van der Waals surface area contributed by atoms with Crippen molar-refractivity contribution in [1.82, 2.24) is 10.4 Å². The molecule has 0 bridgehead atoms. The summed E-state index contributed by atoms with van der Waals surface area (Å²) < 4.78 is 5.18. The minimum atomic E-state index is -0.0260. The summed E-state index contributed by atoms with van der Waals surface area (Å²) in [5.74, 6) is -0.0260. The molecule has 1 aliphatic heterocycles. The maximum atomic E-state index is 11.6. The number of rotatable bonds is 2. The first-order valence-corrected chi connectivity index (χ1v) is 5.41. The number of morpholine rings is 1. The van der Waals surface area contributed by atoms with E-state index in [-0.39, 0.29) is 5.91 Å². The van der Waals surface area contributed by atoms with Gasteiger partial charge in [0, 0.05) is 13.1 Å². The number of nitrogens with one attached hydrogen (secondary N) is 1. The Hall–Kier alpha value is -0.910. The molecule has 14 heavy (non-hydrogen) atoms. The highest BCUT2D eigenvalue weighted by Crippen LogP contribution is 2.08. The number of carbonyl (C=O) groups excluding carboxylic acids is 1. The van der Waals surface area contributed by atoms with Gasteiger partial charge in [0.2, 0.25) is 0 Å². The first-order chi connectivity index (χ1) is 6.86. The number of hydrazine groups is 1. The summed E-state index contributed by atoms with van der Waals surface area (Å²) in [4.78, 5) is 12.3. The summed E-state index contributed by atoms with van der Waals surface area (Å²) in [6, 6.07) is 3.69. The Kier molecular flexibility index (Phi) is 3.13. The molecule has 2 rings (SSSR count). The minimum Gasteiger partial charge on any atom is -0.379 e. The van der Waals surface area contributed by atoms with Gasteiger partial charge in [0.1, 0.15) is 0 Å². The van der Waals surface area contributed by atoms with Crippen molar-refractivity contribution >= 4 is 17.2 Å². The molecule has 1 fully saturated rings. The Morgan fingerprint density at radius 3 is 2.93 bits per heavy atom. The Balaban J connectivity index is 1.87. The molecule has 1 N–H and O–H groups in total. The van der Waals surface area contributed by atoms with Gasteiger partial charge in [-0.2, -0.15) is 0 Å². The molecule has 1 aliphatic rings. The predicted octanol–water partition coefficient (Wildman–Crippen LogP) is 0.725. The third-order valence-corrected chi connectivity index (χ3v) is 2.88. The number of hydrogen-bond acceptors (Lipinski definition) is 4. The molecule has 0 unspecified atom stereocenters. The lowest BCUT2D eigenvalue weighted by Crippen LogP contribution is -2.48. The van der Waals surface area contributed by atoms with E-state index in [2.05, 4.69) is 5.43 Å². The SMILES string of the molecule is O=C(NN1CCOCC1)c1cccs1. The van der Waals surface area contributed by atoms with E-state index in [1.54, 1.807) is 0 Å². The van der Waals surface area contributed by atoms with Gasteiger partial charge >= 0.3 is 0 Å². The number of nitrogens with zero attached hydrogens (tertiary/aromatic N) is 1. The molecule has 1 aromatic heterocycles. The number of amides is 1. The van der Waals surface area contributed by atoms with Crippen molar-refractivity contribution < 1.29 is 9.53 Å². The van der Waals surface area contributed by atoms with Crippen LogP contribution >= 0.6 is 11.3 Å². The summed E-state index contributed by atoms with van der Waals surface area (Å²) >= 11 is 1.45. The highest BCUT2D eigenvalue weighted by atomic mass is 32.1. The first kappa shape index (κ1) is 9.64. The van der Waals surface area contributed by atoms with Crippen LogP contribution in [0.4, 0.5) is 0 Å². The van der Waals surface area contributed by atoms with Gasteiger partial charge in [0.15, 0.2) is 0 Å². The van der Waals surface area contributed by atoms with E-state index in [0.717, 1.165) is 18.0 Å². The number of carbonyl (C=O) groups is 1. The summed E-state index contributed by atoms with van der Waals surface area (Å²) in [5.41, 5.74) is 2.85. The predicted molar refractivity (Wildman–Crippen MR) is 54.2 cm³/mol. The molecule has 76 valence electrons. The van der Waals surface area contributed by atoms with E-state index in [4.69, 9.17) is 4.74 Å². The zero-order valence-electron chi connectivity index (χ0n) is 7.73. The van der Waals surface area contributed by atoms with E-state index >= 15 is 0 Å². The van der Waals surface area contributed by atoms with Crippen molar-refractivity contribution in [2.75, 3.05) is 26.3 Å². The van der Waals surface area contributed by atoms with Crippen molar-refractivity contribution in [2.24, 2.45) is 0 Å². The van der Waals surface area contributed by atoms with Crippen LogP contribution in [0.15, 0.2) is 17.5 Å². The van der Waals surface area contributed by atoms with Crippen molar-refractivity contribution in [1.29, 1.82) is 0 Å². The van der Waals surface area contributed by atoms with Gasteiger partial charge in [-0.25, -0.2) is 5.01 Å². The molecule has 0 aromatic carbocycles. The molecule has 2 heterocycles. The number of thiophene rings is 1. The molecule has 5 heteroatoms. The van der Waals surface area contributed by atoms with E-state index in [0.29, 0.717) is 13.2 Å². The van der Waals surface area contributed by atoms with Gasteiger partial charge in [-0.05, 0) is 11.4 Å². The fraction of sp³-hybridized carbons (Fsp3) is 0.444. The Bertz CT molecular complexity index is 294. The molecule has 1 saturated heterocycles. The molecule has 0 radical (unpaired) electrons. The Morgan fingerprint density at radius 1 is 1.50 bits per heavy atom. The molecule has 0 spiro atoms. The molecule has 0 aliphatic carbocycles. The van der Waals surface area contributed by atoms with Gasteiger partial charge in [0.05, 0.1) is 18.1 Å². The molecular formula is C9H12N2O2S. The fourth-order valence-corrected chi connectivity index (χ4v) is 1.90. The minimum absolute atomic E-state index is 0.0260. The zero-order valence-corrected chi connectivity index (χ0v) is 8.55.